The molecule has 1 N–H and O–H groups in total. The van der Waals surface area contributed by atoms with Gasteiger partial charge in [0.1, 0.15) is 0 Å². The first-order valence-electron chi connectivity index (χ1n) is 6.17. The van der Waals surface area contributed by atoms with Crippen LogP contribution in [0.5, 0.6) is 0 Å². The van der Waals surface area contributed by atoms with E-state index in [1.807, 2.05) is 0 Å². The quantitative estimate of drug-likeness (QED) is 0.919. The van der Waals surface area contributed by atoms with Gasteiger partial charge in [0.05, 0.1) is 15.8 Å². The Hall–Kier alpha value is -0.370. The van der Waals surface area contributed by atoms with Crippen molar-refractivity contribution in [3.05, 3.63) is 20.8 Å². The molecule has 2 nitrogen and oxygen atoms in total. The van der Waals surface area contributed by atoms with E-state index in [9.17, 15) is 0 Å². The largest absolute Gasteiger partial charge is 0.312 e. The van der Waals surface area contributed by atoms with Crippen molar-refractivity contribution in [2.24, 2.45) is 5.92 Å². The summed E-state index contributed by atoms with van der Waals surface area (Å²) in [4.78, 5) is 1.40. The fourth-order valence-corrected chi connectivity index (χ4v) is 3.88. The van der Waals surface area contributed by atoms with Gasteiger partial charge in [-0.25, -0.2) is 0 Å². The van der Waals surface area contributed by atoms with Crippen LogP contribution in [-0.4, -0.2) is 12.6 Å². The fourth-order valence-electron chi connectivity index (χ4n) is 2.40. The molecule has 1 aliphatic carbocycles. The number of nitrogens with zero attached hydrogens (tertiary/aromatic N) is 1. The van der Waals surface area contributed by atoms with Gasteiger partial charge in [-0.15, -0.1) is 11.3 Å². The minimum atomic E-state index is 0.221. The van der Waals surface area contributed by atoms with E-state index < -0.39 is 0 Å². The van der Waals surface area contributed by atoms with E-state index in [0.717, 1.165) is 25.8 Å². The predicted octanol–water partition coefficient (Wildman–Crippen LogP) is 3.73. The molecule has 1 saturated carbocycles. The van der Waals surface area contributed by atoms with E-state index in [-0.39, 0.29) is 5.92 Å². The molecule has 1 aliphatic rings. The summed E-state index contributed by atoms with van der Waals surface area (Å²) in [7, 11) is 0. The Labute approximate surface area is 115 Å². The molecule has 0 spiro atoms. The molecule has 1 fully saturated rings. The maximum atomic E-state index is 9.09. The van der Waals surface area contributed by atoms with Gasteiger partial charge < -0.3 is 5.32 Å². The zero-order valence-electron chi connectivity index (χ0n) is 9.79. The highest BCUT2D eigenvalue weighted by Gasteiger charge is 2.23. The highest BCUT2D eigenvalue weighted by Crippen LogP contribution is 2.24. The molecule has 0 aromatic carbocycles. The van der Waals surface area contributed by atoms with Gasteiger partial charge in [-0.1, -0.05) is 12.8 Å². The molecule has 4 heteroatoms. The van der Waals surface area contributed by atoms with E-state index in [2.05, 4.69) is 39.4 Å². The van der Waals surface area contributed by atoms with Crippen LogP contribution in [0, 0.1) is 17.2 Å². The molecule has 0 bridgehead atoms. The molecule has 0 saturated heterocycles. The lowest BCUT2D eigenvalue weighted by Crippen LogP contribution is -2.38. The van der Waals surface area contributed by atoms with Gasteiger partial charge in [-0.2, -0.15) is 5.26 Å². The van der Waals surface area contributed by atoms with Crippen molar-refractivity contribution in [1.82, 2.24) is 5.32 Å². The highest BCUT2D eigenvalue weighted by molar-refractivity contribution is 9.11. The van der Waals surface area contributed by atoms with Crippen molar-refractivity contribution in [3.63, 3.8) is 0 Å². The van der Waals surface area contributed by atoms with Gasteiger partial charge in [-0.05, 0) is 47.3 Å². The van der Waals surface area contributed by atoms with E-state index in [4.69, 9.17) is 5.26 Å². The summed E-state index contributed by atoms with van der Waals surface area (Å²) >= 11 is 5.27. The third-order valence-corrected chi connectivity index (χ3v) is 5.02. The van der Waals surface area contributed by atoms with Gasteiger partial charge >= 0.3 is 0 Å². The molecule has 2 atom stereocenters. The van der Waals surface area contributed by atoms with Crippen LogP contribution >= 0.6 is 27.3 Å². The first-order valence-corrected chi connectivity index (χ1v) is 7.78. The van der Waals surface area contributed by atoms with Crippen LogP contribution in [0.1, 0.15) is 30.6 Å². The molecular weight excluding hydrogens is 296 g/mol. The van der Waals surface area contributed by atoms with E-state index in [1.54, 1.807) is 11.3 Å². The summed E-state index contributed by atoms with van der Waals surface area (Å²) in [5.74, 6) is 0.221. The molecule has 0 radical (unpaired) electrons. The second kappa shape index (κ2) is 6.53. The topological polar surface area (TPSA) is 35.8 Å². The van der Waals surface area contributed by atoms with Crippen LogP contribution in [0.15, 0.2) is 15.9 Å². The van der Waals surface area contributed by atoms with E-state index in [0.29, 0.717) is 6.04 Å². The first kappa shape index (κ1) is 13.1. The molecule has 1 heterocycles. The van der Waals surface area contributed by atoms with Gasteiger partial charge in [0.2, 0.25) is 0 Å². The molecule has 2 unspecified atom stereocenters. The van der Waals surface area contributed by atoms with E-state index in [1.165, 1.54) is 21.5 Å². The second-order valence-corrected chi connectivity index (χ2v) is 7.08. The monoisotopic (exact) mass is 312 g/mol. The van der Waals surface area contributed by atoms with Crippen LogP contribution in [0.2, 0.25) is 0 Å². The summed E-state index contributed by atoms with van der Waals surface area (Å²) in [5.41, 5.74) is 0. The lowest BCUT2D eigenvalue weighted by atomic mass is 9.85. The number of thiophene rings is 1. The second-order valence-electron chi connectivity index (χ2n) is 4.54. The van der Waals surface area contributed by atoms with Gasteiger partial charge in [0.15, 0.2) is 0 Å². The molecule has 1 aromatic rings. The van der Waals surface area contributed by atoms with E-state index >= 15 is 0 Å². The minimum Gasteiger partial charge on any atom is -0.312 e. The van der Waals surface area contributed by atoms with Crippen LogP contribution in [0.3, 0.4) is 0 Å². The van der Waals surface area contributed by atoms with Gasteiger partial charge in [0, 0.05) is 17.5 Å². The van der Waals surface area contributed by atoms with Crippen molar-refractivity contribution < 1.29 is 0 Å². The molecule has 92 valence electrons. The Bertz CT molecular complexity index is 396. The Morgan fingerprint density at radius 2 is 2.24 bits per heavy atom. The van der Waals surface area contributed by atoms with Gasteiger partial charge in [-0.3, -0.25) is 0 Å². The number of hydrogen-bond acceptors (Lipinski definition) is 3. The standard InChI is InChI=1S/C13H17BrN2S/c14-13-6-5-11(17-13)7-8-16-12-4-2-1-3-10(12)9-15/h5-6,10,12,16H,1-4,7-8H2. The minimum absolute atomic E-state index is 0.221. The van der Waals surface area contributed by atoms with Crippen LogP contribution in [0.25, 0.3) is 0 Å². The lowest BCUT2D eigenvalue weighted by molar-refractivity contribution is 0.314. The number of nitriles is 1. The molecule has 1 aromatic heterocycles. The van der Waals surface area contributed by atoms with Crippen LogP contribution in [0.4, 0.5) is 0 Å². The molecule has 0 aliphatic heterocycles. The third-order valence-electron chi connectivity index (χ3n) is 3.34. The molecule has 17 heavy (non-hydrogen) atoms. The Balaban J connectivity index is 1.76. The van der Waals surface area contributed by atoms with Crippen molar-refractivity contribution >= 4 is 27.3 Å². The smallest absolute Gasteiger partial charge is 0.0701 e. The van der Waals surface area contributed by atoms with Crippen molar-refractivity contribution in [1.29, 1.82) is 5.26 Å². The number of hydrogen-bond donors (Lipinski definition) is 1. The Morgan fingerprint density at radius 1 is 1.41 bits per heavy atom. The summed E-state index contributed by atoms with van der Waals surface area (Å²) in [6.07, 6.45) is 5.77. The number of nitrogens with one attached hydrogen (secondary N) is 1. The molecular formula is C13H17BrN2S. The predicted molar refractivity (Wildman–Crippen MR) is 75.1 cm³/mol. The van der Waals surface area contributed by atoms with Gasteiger partial charge in [0.25, 0.3) is 0 Å². The zero-order chi connectivity index (χ0) is 12.1. The van der Waals surface area contributed by atoms with Crippen molar-refractivity contribution in [2.45, 2.75) is 38.1 Å². The van der Waals surface area contributed by atoms with Crippen molar-refractivity contribution in [3.8, 4) is 6.07 Å². The highest BCUT2D eigenvalue weighted by atomic mass is 79.9. The summed E-state index contributed by atoms with van der Waals surface area (Å²) < 4.78 is 1.19. The third kappa shape index (κ3) is 3.80. The molecule has 0 amide bonds. The summed E-state index contributed by atoms with van der Waals surface area (Å²) in [6.45, 7) is 0.982. The normalized spacial score (nSPS) is 24.5. The maximum Gasteiger partial charge on any atom is 0.0701 e. The maximum absolute atomic E-state index is 9.09. The Morgan fingerprint density at radius 3 is 2.94 bits per heavy atom. The fraction of sp³-hybridized carbons (Fsp3) is 0.615. The van der Waals surface area contributed by atoms with Crippen LogP contribution < -0.4 is 5.32 Å². The molecule has 2 rings (SSSR count). The first-order chi connectivity index (χ1) is 8.29. The average Bonchev–Trinajstić information content (AvgIpc) is 2.76. The lowest BCUT2D eigenvalue weighted by Gasteiger charge is -2.27. The van der Waals surface area contributed by atoms with Crippen molar-refractivity contribution in [2.75, 3.05) is 6.54 Å². The zero-order valence-corrected chi connectivity index (χ0v) is 12.2. The summed E-state index contributed by atoms with van der Waals surface area (Å²) in [5, 5.41) is 12.6. The SMILES string of the molecule is N#CC1CCCCC1NCCc1ccc(Br)s1. The summed E-state index contributed by atoms with van der Waals surface area (Å²) in [6, 6.07) is 7.12. The number of halogens is 1. The average molecular weight is 313 g/mol. The number of rotatable bonds is 4. The van der Waals surface area contributed by atoms with Crippen LogP contribution in [-0.2, 0) is 6.42 Å². The Kier molecular flexibility index (Phi) is 5.02.